The van der Waals surface area contributed by atoms with Gasteiger partial charge in [0.25, 0.3) is 5.91 Å². The van der Waals surface area contributed by atoms with Crippen molar-refractivity contribution >= 4 is 50.7 Å². The van der Waals surface area contributed by atoms with Crippen molar-refractivity contribution in [2.24, 2.45) is 10.9 Å². The van der Waals surface area contributed by atoms with E-state index < -0.39 is 0 Å². The average Bonchev–Trinajstić information content (AvgIpc) is 3.16. The van der Waals surface area contributed by atoms with Gasteiger partial charge in [-0.2, -0.15) is 4.99 Å². The number of hydrogen-bond acceptors (Lipinski definition) is 2. The first-order valence-corrected chi connectivity index (χ1v) is 7.85. The summed E-state index contributed by atoms with van der Waals surface area (Å²) >= 11 is 13.7. The molecule has 1 saturated carbocycles. The number of aromatic nitrogens is 1. The van der Waals surface area contributed by atoms with Crippen LogP contribution in [0.1, 0.15) is 12.8 Å². The van der Waals surface area contributed by atoms with Gasteiger partial charge < -0.3 is 4.57 Å². The van der Waals surface area contributed by atoms with Gasteiger partial charge in [0, 0.05) is 17.5 Å². The molecule has 1 aliphatic carbocycles. The van der Waals surface area contributed by atoms with Gasteiger partial charge in [-0.25, -0.2) is 0 Å². The number of rotatable bonds is 3. The Morgan fingerprint density at radius 2 is 2.25 bits per heavy atom. The van der Waals surface area contributed by atoms with Crippen molar-refractivity contribution in [3.05, 3.63) is 39.6 Å². The third-order valence-corrected chi connectivity index (χ3v) is 4.67. The molecule has 0 spiro atoms. The van der Waals surface area contributed by atoms with E-state index in [2.05, 4.69) is 11.6 Å². The first kappa shape index (κ1) is 13.9. The smallest absolute Gasteiger partial charge is 0.251 e. The Morgan fingerprint density at radius 3 is 2.90 bits per heavy atom. The summed E-state index contributed by atoms with van der Waals surface area (Å²) in [7, 11) is 0. The normalized spacial score (nSPS) is 15.8. The van der Waals surface area contributed by atoms with E-state index in [0.29, 0.717) is 21.4 Å². The van der Waals surface area contributed by atoms with Crippen LogP contribution >= 0.6 is 34.5 Å². The van der Waals surface area contributed by atoms with Crippen LogP contribution in [0.4, 0.5) is 0 Å². The van der Waals surface area contributed by atoms with E-state index in [9.17, 15) is 4.79 Å². The minimum Gasteiger partial charge on any atom is -0.311 e. The van der Waals surface area contributed by atoms with Crippen LogP contribution in [0.5, 0.6) is 0 Å². The standard InChI is InChI=1S/C14H12Cl2N2OS/c1-2-5-18-12-10(16)6-9(15)7-11(12)20-14(18)17-13(19)8-3-4-8/h2,6-8H,1,3-5H2. The topological polar surface area (TPSA) is 34.4 Å². The second-order valence-electron chi connectivity index (χ2n) is 4.74. The highest BCUT2D eigenvalue weighted by Gasteiger charge is 2.29. The van der Waals surface area contributed by atoms with Gasteiger partial charge in [0.1, 0.15) is 0 Å². The molecule has 6 heteroatoms. The van der Waals surface area contributed by atoms with E-state index in [-0.39, 0.29) is 11.8 Å². The highest BCUT2D eigenvalue weighted by atomic mass is 35.5. The molecule has 1 heterocycles. The third-order valence-electron chi connectivity index (χ3n) is 3.14. The lowest BCUT2D eigenvalue weighted by atomic mass is 10.3. The van der Waals surface area contributed by atoms with Crippen molar-refractivity contribution in [1.29, 1.82) is 0 Å². The highest BCUT2D eigenvalue weighted by Crippen LogP contribution is 2.31. The van der Waals surface area contributed by atoms with Crippen molar-refractivity contribution < 1.29 is 4.79 Å². The van der Waals surface area contributed by atoms with E-state index in [4.69, 9.17) is 23.2 Å². The molecular weight excluding hydrogens is 315 g/mol. The summed E-state index contributed by atoms with van der Waals surface area (Å²) in [5, 5.41) is 1.14. The van der Waals surface area contributed by atoms with Gasteiger partial charge in [0.2, 0.25) is 0 Å². The Bertz CT molecular complexity index is 771. The maximum Gasteiger partial charge on any atom is 0.251 e. The summed E-state index contributed by atoms with van der Waals surface area (Å²) in [6, 6.07) is 3.54. The third kappa shape index (κ3) is 2.55. The van der Waals surface area contributed by atoms with Gasteiger partial charge in [0.15, 0.2) is 4.80 Å². The number of amides is 1. The van der Waals surface area contributed by atoms with E-state index in [1.807, 2.05) is 10.6 Å². The molecule has 1 fully saturated rings. The first-order valence-electron chi connectivity index (χ1n) is 6.28. The minimum atomic E-state index is -0.0448. The lowest BCUT2D eigenvalue weighted by Gasteiger charge is -2.03. The molecule has 0 radical (unpaired) electrons. The molecular formula is C14H12Cl2N2OS. The Hall–Kier alpha value is -1.10. The van der Waals surface area contributed by atoms with Gasteiger partial charge in [-0.15, -0.1) is 6.58 Å². The summed E-state index contributed by atoms with van der Waals surface area (Å²) < 4.78 is 2.83. The van der Waals surface area contributed by atoms with Gasteiger partial charge in [-0.3, -0.25) is 4.79 Å². The molecule has 0 bridgehead atoms. The number of thiazole rings is 1. The van der Waals surface area contributed by atoms with Crippen LogP contribution in [-0.4, -0.2) is 10.5 Å². The Kier molecular flexibility index (Phi) is 3.71. The largest absolute Gasteiger partial charge is 0.311 e. The van der Waals surface area contributed by atoms with Crippen molar-refractivity contribution in [3.8, 4) is 0 Å². The molecule has 0 aliphatic heterocycles. The van der Waals surface area contributed by atoms with Gasteiger partial charge in [-0.1, -0.05) is 40.6 Å². The fourth-order valence-corrected chi connectivity index (χ4v) is 3.86. The quantitative estimate of drug-likeness (QED) is 0.784. The number of carbonyl (C=O) groups excluding carboxylic acids is 1. The van der Waals surface area contributed by atoms with Gasteiger partial charge in [0.05, 0.1) is 15.2 Å². The zero-order valence-electron chi connectivity index (χ0n) is 10.6. The Balaban J connectivity index is 2.25. The molecule has 1 aromatic heterocycles. The minimum absolute atomic E-state index is 0.0448. The molecule has 104 valence electrons. The lowest BCUT2D eigenvalue weighted by molar-refractivity contribution is -0.119. The summed E-state index contributed by atoms with van der Waals surface area (Å²) in [6.45, 7) is 4.30. The van der Waals surface area contributed by atoms with E-state index in [1.54, 1.807) is 12.1 Å². The summed E-state index contributed by atoms with van der Waals surface area (Å²) in [5.41, 5.74) is 0.850. The summed E-state index contributed by atoms with van der Waals surface area (Å²) in [5.74, 6) is 0.0630. The molecule has 1 amide bonds. The summed E-state index contributed by atoms with van der Waals surface area (Å²) in [4.78, 5) is 16.8. The number of allylic oxidation sites excluding steroid dienone is 1. The zero-order chi connectivity index (χ0) is 14.3. The van der Waals surface area contributed by atoms with Crippen LogP contribution in [0.3, 0.4) is 0 Å². The van der Waals surface area contributed by atoms with Crippen LogP contribution in [-0.2, 0) is 11.3 Å². The fraction of sp³-hybridized carbons (Fsp3) is 0.286. The molecule has 3 nitrogen and oxygen atoms in total. The molecule has 1 aromatic carbocycles. The molecule has 3 rings (SSSR count). The predicted octanol–water partition coefficient (Wildman–Crippen LogP) is 4.03. The van der Waals surface area contributed by atoms with E-state index in [1.165, 1.54) is 11.3 Å². The number of hydrogen-bond donors (Lipinski definition) is 0. The van der Waals surface area contributed by atoms with Crippen LogP contribution in [0.2, 0.25) is 10.0 Å². The van der Waals surface area contributed by atoms with Crippen molar-refractivity contribution in [3.63, 3.8) is 0 Å². The monoisotopic (exact) mass is 326 g/mol. The first-order chi connectivity index (χ1) is 9.60. The molecule has 2 aromatic rings. The van der Waals surface area contributed by atoms with E-state index >= 15 is 0 Å². The Labute approximate surface area is 130 Å². The van der Waals surface area contributed by atoms with Gasteiger partial charge in [-0.05, 0) is 25.0 Å². The maximum absolute atomic E-state index is 11.9. The number of fused-ring (bicyclic) bond motifs is 1. The number of carbonyl (C=O) groups is 1. The zero-order valence-corrected chi connectivity index (χ0v) is 12.9. The van der Waals surface area contributed by atoms with Crippen LogP contribution < -0.4 is 4.80 Å². The average molecular weight is 327 g/mol. The number of nitrogens with zero attached hydrogens (tertiary/aromatic N) is 2. The van der Waals surface area contributed by atoms with Crippen LogP contribution in [0.25, 0.3) is 10.2 Å². The molecule has 20 heavy (non-hydrogen) atoms. The van der Waals surface area contributed by atoms with Gasteiger partial charge >= 0.3 is 0 Å². The predicted molar refractivity (Wildman–Crippen MR) is 83.3 cm³/mol. The van der Waals surface area contributed by atoms with Crippen LogP contribution in [0, 0.1) is 5.92 Å². The summed E-state index contributed by atoms with van der Waals surface area (Å²) in [6.07, 6.45) is 3.65. The molecule has 1 aliphatic rings. The highest BCUT2D eigenvalue weighted by molar-refractivity contribution is 7.16. The van der Waals surface area contributed by atoms with Crippen molar-refractivity contribution in [2.75, 3.05) is 0 Å². The van der Waals surface area contributed by atoms with E-state index in [0.717, 1.165) is 23.1 Å². The molecule has 0 unspecified atom stereocenters. The van der Waals surface area contributed by atoms with Crippen molar-refractivity contribution in [2.45, 2.75) is 19.4 Å². The molecule has 0 atom stereocenters. The van der Waals surface area contributed by atoms with Crippen LogP contribution in [0.15, 0.2) is 29.8 Å². The molecule has 0 N–H and O–H groups in total. The second kappa shape index (κ2) is 5.35. The van der Waals surface area contributed by atoms with Crippen molar-refractivity contribution in [1.82, 2.24) is 4.57 Å². The fourth-order valence-electron chi connectivity index (χ4n) is 2.03. The Morgan fingerprint density at radius 1 is 1.50 bits per heavy atom. The number of halogens is 2. The lowest BCUT2D eigenvalue weighted by Crippen LogP contribution is -2.16. The maximum atomic E-state index is 11.9. The molecule has 0 saturated heterocycles. The SMILES string of the molecule is C=CCn1c(=NC(=O)C2CC2)sc2cc(Cl)cc(Cl)c21. The number of benzene rings is 1. The second-order valence-corrected chi connectivity index (χ2v) is 6.60.